The highest BCUT2D eigenvalue weighted by molar-refractivity contribution is 5.91. The fourth-order valence-electron chi connectivity index (χ4n) is 4.12. The number of piperazine rings is 1. The number of piperidine rings is 1. The van der Waals surface area contributed by atoms with Crippen molar-refractivity contribution in [1.82, 2.24) is 14.9 Å². The summed E-state index contributed by atoms with van der Waals surface area (Å²) < 4.78 is 5.61. The number of aryl methyl sites for hydroxylation is 1. The van der Waals surface area contributed by atoms with Gasteiger partial charge in [-0.25, -0.2) is 9.78 Å². The molecule has 2 amide bonds. The van der Waals surface area contributed by atoms with Gasteiger partial charge < -0.3 is 24.8 Å². The Hall–Kier alpha value is -3.03. The van der Waals surface area contributed by atoms with Crippen LogP contribution in [-0.2, 0) is 0 Å². The molecule has 0 bridgehead atoms. The molecule has 2 aliphatic heterocycles. The standard InChI is InChI=1S/C23H32N6O2/c1-3-31-20-10-6-5-9-19(20)25-23(30)29-15-13-28(14-16-29)22-24-18(2)17-21(26-22)27-11-7-4-8-12-27/h5-6,9-10,17H,3-4,7-8,11-16H2,1-2H3,(H,25,30). The molecular weight excluding hydrogens is 392 g/mol. The highest BCUT2D eigenvalue weighted by atomic mass is 16.5. The van der Waals surface area contributed by atoms with Crippen molar-refractivity contribution in [3.63, 3.8) is 0 Å². The third kappa shape index (κ3) is 5.18. The summed E-state index contributed by atoms with van der Waals surface area (Å²) in [5.74, 6) is 2.48. The summed E-state index contributed by atoms with van der Waals surface area (Å²) in [5, 5.41) is 2.99. The van der Waals surface area contributed by atoms with Crippen molar-refractivity contribution in [2.45, 2.75) is 33.1 Å². The molecule has 2 saturated heterocycles. The van der Waals surface area contributed by atoms with Gasteiger partial charge in [-0.3, -0.25) is 0 Å². The smallest absolute Gasteiger partial charge is 0.322 e. The van der Waals surface area contributed by atoms with Crippen LogP contribution in [0.25, 0.3) is 0 Å². The van der Waals surface area contributed by atoms with E-state index >= 15 is 0 Å². The van der Waals surface area contributed by atoms with Gasteiger partial charge in [-0.1, -0.05) is 12.1 Å². The molecule has 2 fully saturated rings. The number of urea groups is 1. The number of para-hydroxylation sites is 2. The quantitative estimate of drug-likeness (QED) is 0.792. The molecule has 0 aliphatic carbocycles. The van der Waals surface area contributed by atoms with Crippen molar-refractivity contribution in [2.24, 2.45) is 0 Å². The van der Waals surface area contributed by atoms with E-state index in [1.54, 1.807) is 0 Å². The summed E-state index contributed by atoms with van der Waals surface area (Å²) >= 11 is 0. The van der Waals surface area contributed by atoms with Gasteiger partial charge >= 0.3 is 6.03 Å². The zero-order chi connectivity index (χ0) is 21.6. The number of anilines is 3. The number of carbonyl (C=O) groups is 1. The molecule has 31 heavy (non-hydrogen) atoms. The molecule has 4 rings (SSSR count). The number of benzene rings is 1. The second kappa shape index (κ2) is 9.85. The number of amides is 2. The van der Waals surface area contributed by atoms with E-state index in [1.165, 1.54) is 19.3 Å². The maximum atomic E-state index is 12.8. The topological polar surface area (TPSA) is 73.8 Å². The summed E-state index contributed by atoms with van der Waals surface area (Å²) in [6, 6.07) is 9.50. The molecule has 2 aliphatic rings. The van der Waals surface area contributed by atoms with Gasteiger partial charge in [0.1, 0.15) is 11.6 Å². The molecule has 0 saturated carbocycles. The lowest BCUT2D eigenvalue weighted by molar-refractivity contribution is 0.207. The molecule has 8 nitrogen and oxygen atoms in total. The fourth-order valence-corrected chi connectivity index (χ4v) is 4.12. The van der Waals surface area contributed by atoms with Crippen LogP contribution in [0.2, 0.25) is 0 Å². The Balaban J connectivity index is 1.37. The van der Waals surface area contributed by atoms with Crippen LogP contribution < -0.4 is 19.9 Å². The van der Waals surface area contributed by atoms with E-state index in [0.29, 0.717) is 44.2 Å². The number of carbonyl (C=O) groups excluding carboxylic acids is 1. The van der Waals surface area contributed by atoms with Crippen LogP contribution in [-0.4, -0.2) is 66.8 Å². The van der Waals surface area contributed by atoms with Crippen molar-refractivity contribution >= 4 is 23.5 Å². The highest BCUT2D eigenvalue weighted by Crippen LogP contribution is 2.25. The number of nitrogens with one attached hydrogen (secondary N) is 1. The Morgan fingerprint density at radius 1 is 1.00 bits per heavy atom. The van der Waals surface area contributed by atoms with Crippen LogP contribution in [0, 0.1) is 6.92 Å². The first kappa shape index (κ1) is 21.2. The van der Waals surface area contributed by atoms with Gasteiger partial charge in [0.2, 0.25) is 5.95 Å². The Bertz CT molecular complexity index is 891. The van der Waals surface area contributed by atoms with Gasteiger partial charge in [-0.15, -0.1) is 0 Å². The van der Waals surface area contributed by atoms with Gasteiger partial charge in [-0.05, 0) is 45.2 Å². The Morgan fingerprint density at radius 2 is 1.74 bits per heavy atom. The van der Waals surface area contributed by atoms with Gasteiger partial charge in [0.05, 0.1) is 12.3 Å². The molecule has 0 spiro atoms. The molecule has 0 radical (unpaired) electrons. The summed E-state index contributed by atoms with van der Waals surface area (Å²) in [6.07, 6.45) is 3.74. The van der Waals surface area contributed by atoms with E-state index < -0.39 is 0 Å². The van der Waals surface area contributed by atoms with Gasteiger partial charge in [-0.2, -0.15) is 4.98 Å². The second-order valence-corrected chi connectivity index (χ2v) is 8.05. The summed E-state index contributed by atoms with van der Waals surface area (Å²) in [5.41, 5.74) is 1.68. The van der Waals surface area contributed by atoms with E-state index in [4.69, 9.17) is 9.72 Å². The average Bonchev–Trinajstić information content (AvgIpc) is 2.81. The first-order valence-electron chi connectivity index (χ1n) is 11.3. The molecule has 166 valence electrons. The minimum atomic E-state index is -0.106. The number of rotatable bonds is 5. The number of aromatic nitrogens is 2. The van der Waals surface area contributed by atoms with Crippen LogP contribution in [0.15, 0.2) is 30.3 Å². The summed E-state index contributed by atoms with van der Waals surface area (Å²) in [7, 11) is 0. The summed E-state index contributed by atoms with van der Waals surface area (Å²) in [6.45, 7) is 9.31. The van der Waals surface area contributed by atoms with Crippen molar-refractivity contribution in [3.05, 3.63) is 36.0 Å². The van der Waals surface area contributed by atoms with Gasteiger partial charge in [0.15, 0.2) is 0 Å². The minimum absolute atomic E-state index is 0.106. The van der Waals surface area contributed by atoms with Crippen LogP contribution >= 0.6 is 0 Å². The van der Waals surface area contributed by atoms with Gasteiger partial charge in [0, 0.05) is 51.0 Å². The van der Waals surface area contributed by atoms with Crippen molar-refractivity contribution in [1.29, 1.82) is 0 Å². The lowest BCUT2D eigenvalue weighted by atomic mass is 10.1. The van der Waals surface area contributed by atoms with E-state index in [0.717, 1.165) is 30.5 Å². The fraction of sp³-hybridized carbons (Fsp3) is 0.522. The molecule has 0 unspecified atom stereocenters. The maximum absolute atomic E-state index is 12.8. The maximum Gasteiger partial charge on any atom is 0.322 e. The third-order valence-corrected chi connectivity index (χ3v) is 5.79. The number of nitrogens with zero attached hydrogens (tertiary/aromatic N) is 5. The largest absolute Gasteiger partial charge is 0.492 e. The van der Waals surface area contributed by atoms with Crippen LogP contribution in [0.1, 0.15) is 31.9 Å². The Labute approximate surface area is 184 Å². The van der Waals surface area contributed by atoms with E-state index in [9.17, 15) is 4.79 Å². The molecular formula is C23H32N6O2. The van der Waals surface area contributed by atoms with Crippen molar-refractivity contribution in [3.8, 4) is 5.75 Å². The van der Waals surface area contributed by atoms with E-state index in [-0.39, 0.29) is 6.03 Å². The third-order valence-electron chi connectivity index (χ3n) is 5.79. The zero-order valence-electron chi connectivity index (χ0n) is 18.5. The van der Waals surface area contributed by atoms with Crippen molar-refractivity contribution < 1.29 is 9.53 Å². The average molecular weight is 425 g/mol. The minimum Gasteiger partial charge on any atom is -0.492 e. The monoisotopic (exact) mass is 424 g/mol. The SMILES string of the molecule is CCOc1ccccc1NC(=O)N1CCN(c2nc(C)cc(N3CCCCC3)n2)CC1. The Morgan fingerprint density at radius 3 is 2.48 bits per heavy atom. The Kier molecular flexibility index (Phi) is 6.74. The van der Waals surface area contributed by atoms with E-state index in [2.05, 4.69) is 26.2 Å². The first-order chi connectivity index (χ1) is 15.1. The van der Waals surface area contributed by atoms with Crippen LogP contribution in [0.4, 0.5) is 22.2 Å². The lowest BCUT2D eigenvalue weighted by Crippen LogP contribution is -2.50. The summed E-state index contributed by atoms with van der Waals surface area (Å²) in [4.78, 5) is 28.7. The zero-order valence-corrected chi connectivity index (χ0v) is 18.5. The molecule has 1 aromatic carbocycles. The normalized spacial score (nSPS) is 16.9. The van der Waals surface area contributed by atoms with E-state index in [1.807, 2.05) is 43.0 Å². The molecule has 3 heterocycles. The first-order valence-corrected chi connectivity index (χ1v) is 11.3. The predicted molar refractivity (Wildman–Crippen MR) is 123 cm³/mol. The molecule has 8 heteroatoms. The second-order valence-electron chi connectivity index (χ2n) is 8.05. The molecule has 1 N–H and O–H groups in total. The predicted octanol–water partition coefficient (Wildman–Crippen LogP) is 3.53. The molecule has 2 aromatic rings. The van der Waals surface area contributed by atoms with Crippen LogP contribution in [0.5, 0.6) is 5.75 Å². The molecule has 1 aromatic heterocycles. The van der Waals surface area contributed by atoms with Gasteiger partial charge in [0.25, 0.3) is 0 Å². The highest BCUT2D eigenvalue weighted by Gasteiger charge is 2.24. The van der Waals surface area contributed by atoms with Crippen LogP contribution in [0.3, 0.4) is 0 Å². The molecule has 0 atom stereocenters. The lowest BCUT2D eigenvalue weighted by Gasteiger charge is -2.35. The number of hydrogen-bond acceptors (Lipinski definition) is 6. The number of ether oxygens (including phenoxy) is 1. The number of hydrogen-bond donors (Lipinski definition) is 1. The van der Waals surface area contributed by atoms with Crippen molar-refractivity contribution in [2.75, 3.05) is 61.0 Å².